The van der Waals surface area contributed by atoms with E-state index in [2.05, 4.69) is 11.9 Å². The quantitative estimate of drug-likeness (QED) is 0.590. The lowest BCUT2D eigenvalue weighted by Gasteiger charge is -2.13. The predicted molar refractivity (Wildman–Crippen MR) is 87.8 cm³/mol. The third-order valence-electron chi connectivity index (χ3n) is 2.89. The van der Waals surface area contributed by atoms with Gasteiger partial charge in [0.05, 0.1) is 14.2 Å². The first-order valence-electron chi connectivity index (χ1n) is 6.64. The number of benzene rings is 1. The van der Waals surface area contributed by atoms with Crippen molar-refractivity contribution >= 4 is 11.8 Å². The number of nitrogens with one attached hydrogen (secondary N) is 1. The second-order valence-corrected chi connectivity index (χ2v) is 5.39. The molecule has 1 rings (SSSR count). The molecule has 21 heavy (non-hydrogen) atoms. The lowest BCUT2D eigenvalue weighted by atomic mass is 10.2. The van der Waals surface area contributed by atoms with Crippen LogP contribution >= 0.6 is 11.8 Å². The zero-order valence-electron chi connectivity index (χ0n) is 13.1. The highest BCUT2D eigenvalue weighted by Crippen LogP contribution is 2.24. The van der Waals surface area contributed by atoms with Crippen LogP contribution in [0.15, 0.2) is 42.1 Å². The van der Waals surface area contributed by atoms with Gasteiger partial charge in [0, 0.05) is 37.5 Å². The molecule has 0 heterocycles. The van der Waals surface area contributed by atoms with Crippen LogP contribution in [0.5, 0.6) is 11.5 Å². The standard InChI is InChI=1S/C16H23ClN2O2/c1-12(11-19(3)17)8-13(2)18-10-14-6-7-15(20-4)9-16(14)21-5/h6-9,18H,2,10-11H2,1,3-5H3/b12-8+. The Morgan fingerprint density at radius 2 is 2.10 bits per heavy atom. The van der Waals surface area contributed by atoms with Gasteiger partial charge in [-0.2, -0.15) is 0 Å². The largest absolute Gasteiger partial charge is 0.497 e. The molecule has 0 radical (unpaired) electrons. The Balaban J connectivity index is 2.64. The van der Waals surface area contributed by atoms with Gasteiger partial charge >= 0.3 is 0 Å². The molecule has 0 atom stereocenters. The Bertz CT molecular complexity index is 513. The van der Waals surface area contributed by atoms with Crippen LogP contribution in [0.3, 0.4) is 0 Å². The molecule has 0 aliphatic carbocycles. The van der Waals surface area contributed by atoms with Gasteiger partial charge in [0.15, 0.2) is 0 Å². The van der Waals surface area contributed by atoms with Crippen molar-refractivity contribution in [3.63, 3.8) is 0 Å². The molecule has 4 nitrogen and oxygen atoms in total. The second kappa shape index (κ2) is 8.60. The zero-order chi connectivity index (χ0) is 15.8. The van der Waals surface area contributed by atoms with Crippen molar-refractivity contribution in [2.45, 2.75) is 13.5 Å². The summed E-state index contributed by atoms with van der Waals surface area (Å²) in [6.45, 7) is 7.33. The normalized spacial score (nSPS) is 11.4. The SMILES string of the molecule is C=C(/C=C(\C)CN(C)Cl)NCc1ccc(OC)cc1OC. The summed E-state index contributed by atoms with van der Waals surface area (Å²) in [5.41, 5.74) is 3.01. The predicted octanol–water partition coefficient (Wildman–Crippen LogP) is 3.34. The van der Waals surface area contributed by atoms with Crippen LogP contribution in [0.2, 0.25) is 0 Å². The Morgan fingerprint density at radius 3 is 2.67 bits per heavy atom. The van der Waals surface area contributed by atoms with Gasteiger partial charge in [-0.05, 0) is 36.9 Å². The Kier molecular flexibility index (Phi) is 7.12. The maximum atomic E-state index is 5.81. The van der Waals surface area contributed by atoms with E-state index in [1.165, 1.54) is 0 Å². The lowest BCUT2D eigenvalue weighted by molar-refractivity contribution is 0.390. The van der Waals surface area contributed by atoms with Crippen LogP contribution < -0.4 is 14.8 Å². The molecule has 0 fully saturated rings. The summed E-state index contributed by atoms with van der Waals surface area (Å²) in [5.74, 6) is 1.56. The van der Waals surface area contributed by atoms with Crippen molar-refractivity contribution in [3.8, 4) is 11.5 Å². The Labute approximate surface area is 132 Å². The van der Waals surface area contributed by atoms with Crippen molar-refractivity contribution in [2.24, 2.45) is 0 Å². The minimum atomic E-state index is 0.631. The van der Waals surface area contributed by atoms with Gasteiger partial charge in [-0.25, -0.2) is 4.42 Å². The smallest absolute Gasteiger partial charge is 0.127 e. The highest BCUT2D eigenvalue weighted by molar-refractivity contribution is 6.13. The van der Waals surface area contributed by atoms with Crippen molar-refractivity contribution in [1.29, 1.82) is 0 Å². The average molecular weight is 311 g/mol. The molecule has 1 aromatic rings. The second-order valence-electron chi connectivity index (χ2n) is 4.81. The van der Waals surface area contributed by atoms with Gasteiger partial charge in [0.2, 0.25) is 0 Å². The molecular weight excluding hydrogens is 288 g/mol. The van der Waals surface area contributed by atoms with E-state index in [1.807, 2.05) is 38.2 Å². The first-order chi connectivity index (χ1) is 9.96. The number of allylic oxidation sites excluding steroid dienone is 1. The number of ether oxygens (including phenoxy) is 2. The number of rotatable bonds is 8. The summed E-state index contributed by atoms with van der Waals surface area (Å²) in [5, 5.41) is 3.26. The highest BCUT2D eigenvalue weighted by Gasteiger charge is 2.05. The summed E-state index contributed by atoms with van der Waals surface area (Å²) >= 11 is 5.81. The summed E-state index contributed by atoms with van der Waals surface area (Å²) < 4.78 is 12.1. The van der Waals surface area contributed by atoms with Crippen LogP contribution in [0.25, 0.3) is 0 Å². The van der Waals surface area contributed by atoms with E-state index in [1.54, 1.807) is 18.6 Å². The molecule has 0 saturated carbocycles. The molecule has 0 aliphatic heterocycles. The zero-order valence-corrected chi connectivity index (χ0v) is 13.8. The first-order valence-corrected chi connectivity index (χ1v) is 6.97. The Hall–Kier alpha value is -1.65. The molecular formula is C16H23ClN2O2. The number of methoxy groups -OCH3 is 2. The van der Waals surface area contributed by atoms with Gasteiger partial charge < -0.3 is 14.8 Å². The first kappa shape index (κ1) is 17.4. The van der Waals surface area contributed by atoms with E-state index in [0.29, 0.717) is 13.1 Å². The van der Waals surface area contributed by atoms with Crippen LogP contribution in [-0.4, -0.2) is 32.2 Å². The van der Waals surface area contributed by atoms with Crippen molar-refractivity contribution < 1.29 is 9.47 Å². The molecule has 0 amide bonds. The summed E-state index contributed by atoms with van der Waals surface area (Å²) in [6, 6.07) is 5.75. The minimum Gasteiger partial charge on any atom is -0.497 e. The topological polar surface area (TPSA) is 33.7 Å². The van der Waals surface area contributed by atoms with E-state index in [9.17, 15) is 0 Å². The van der Waals surface area contributed by atoms with Crippen molar-refractivity contribution in [1.82, 2.24) is 9.74 Å². The van der Waals surface area contributed by atoms with Crippen molar-refractivity contribution in [2.75, 3.05) is 27.8 Å². The molecule has 0 spiro atoms. The summed E-state index contributed by atoms with van der Waals surface area (Å²) in [4.78, 5) is 0. The molecule has 116 valence electrons. The summed E-state index contributed by atoms with van der Waals surface area (Å²) in [6.07, 6.45) is 1.98. The van der Waals surface area contributed by atoms with Gasteiger partial charge in [-0.15, -0.1) is 0 Å². The fraction of sp³-hybridized carbons (Fsp3) is 0.375. The molecule has 1 aromatic carbocycles. The van der Waals surface area contributed by atoms with E-state index < -0.39 is 0 Å². The molecule has 0 aromatic heterocycles. The molecule has 0 saturated heterocycles. The monoisotopic (exact) mass is 310 g/mol. The fourth-order valence-electron chi connectivity index (χ4n) is 1.94. The maximum absolute atomic E-state index is 5.81. The number of halogens is 1. The van der Waals surface area contributed by atoms with E-state index in [4.69, 9.17) is 21.3 Å². The van der Waals surface area contributed by atoms with E-state index in [0.717, 1.165) is 28.3 Å². The van der Waals surface area contributed by atoms with Crippen LogP contribution in [0.4, 0.5) is 0 Å². The van der Waals surface area contributed by atoms with Crippen LogP contribution in [-0.2, 0) is 6.54 Å². The van der Waals surface area contributed by atoms with Gasteiger partial charge in [-0.1, -0.05) is 12.2 Å². The van der Waals surface area contributed by atoms with E-state index >= 15 is 0 Å². The average Bonchev–Trinajstić information content (AvgIpc) is 2.43. The highest BCUT2D eigenvalue weighted by atomic mass is 35.5. The van der Waals surface area contributed by atoms with Crippen LogP contribution in [0, 0.1) is 0 Å². The van der Waals surface area contributed by atoms with Gasteiger partial charge in [0.25, 0.3) is 0 Å². The lowest BCUT2D eigenvalue weighted by Crippen LogP contribution is -2.13. The third-order valence-corrected chi connectivity index (χ3v) is 3.01. The minimum absolute atomic E-state index is 0.631. The molecule has 0 aliphatic rings. The van der Waals surface area contributed by atoms with Crippen molar-refractivity contribution in [3.05, 3.63) is 47.7 Å². The number of hydrogen-bond donors (Lipinski definition) is 1. The number of hydrogen-bond acceptors (Lipinski definition) is 4. The number of nitrogens with zero attached hydrogens (tertiary/aromatic N) is 1. The van der Waals surface area contributed by atoms with Crippen LogP contribution in [0.1, 0.15) is 12.5 Å². The third kappa shape index (κ3) is 6.10. The fourth-order valence-corrected chi connectivity index (χ4v) is 2.13. The Morgan fingerprint density at radius 1 is 1.38 bits per heavy atom. The molecule has 0 unspecified atom stereocenters. The molecule has 5 heteroatoms. The summed E-state index contributed by atoms with van der Waals surface area (Å²) in [7, 11) is 5.10. The molecule has 1 N–H and O–H groups in total. The van der Waals surface area contributed by atoms with Gasteiger partial charge in [-0.3, -0.25) is 0 Å². The molecule has 0 bridgehead atoms. The van der Waals surface area contributed by atoms with E-state index in [-0.39, 0.29) is 0 Å². The number of likely N-dealkylation sites (N-methyl/N-ethyl adjacent to an activating group) is 1. The van der Waals surface area contributed by atoms with Gasteiger partial charge in [0.1, 0.15) is 11.5 Å². The maximum Gasteiger partial charge on any atom is 0.127 e.